The van der Waals surface area contributed by atoms with Crippen molar-refractivity contribution in [2.24, 2.45) is 0 Å². The second kappa shape index (κ2) is 51.8. The van der Waals surface area contributed by atoms with Crippen LogP contribution in [0, 0.1) is 0 Å². The number of allylic oxidation sites excluding steroid dienone is 2. The summed E-state index contributed by atoms with van der Waals surface area (Å²) in [4.78, 5) is 37.8. The zero-order chi connectivity index (χ0) is 45.1. The number of carbonyl (C=O) groups is 3. The van der Waals surface area contributed by atoms with Gasteiger partial charge in [0, 0.05) is 19.3 Å². The predicted molar refractivity (Wildman–Crippen MR) is 266 cm³/mol. The van der Waals surface area contributed by atoms with E-state index in [1.807, 2.05) is 0 Å². The van der Waals surface area contributed by atoms with E-state index >= 15 is 0 Å². The fraction of sp³-hybridized carbons (Fsp3) is 0.911. The van der Waals surface area contributed by atoms with Crippen molar-refractivity contribution in [2.45, 2.75) is 316 Å². The Labute approximate surface area is 386 Å². The Morgan fingerprint density at radius 1 is 0.306 bits per heavy atom. The Morgan fingerprint density at radius 2 is 0.532 bits per heavy atom. The highest BCUT2D eigenvalue weighted by Gasteiger charge is 2.19. The molecule has 0 aliphatic carbocycles. The van der Waals surface area contributed by atoms with Gasteiger partial charge in [0.05, 0.1) is 0 Å². The SMILES string of the molecule is CCCCCCCCCC/C=C\CCCCCCCCCCCCCCCC(=O)OCC(COC(=O)CCCCCCCCCCC)OC(=O)CCCCCCCCCCCC. The van der Waals surface area contributed by atoms with Crippen molar-refractivity contribution < 1.29 is 28.6 Å². The molecule has 366 valence electrons. The summed E-state index contributed by atoms with van der Waals surface area (Å²) in [7, 11) is 0. The normalized spacial score (nSPS) is 12.0. The van der Waals surface area contributed by atoms with Gasteiger partial charge in [-0.2, -0.15) is 0 Å². The first-order chi connectivity index (χ1) is 30.5. The molecule has 0 fully saturated rings. The van der Waals surface area contributed by atoms with Gasteiger partial charge < -0.3 is 14.2 Å². The molecule has 0 N–H and O–H groups in total. The van der Waals surface area contributed by atoms with E-state index in [1.54, 1.807) is 0 Å². The molecule has 62 heavy (non-hydrogen) atoms. The molecular weight excluding hydrogens is 769 g/mol. The largest absolute Gasteiger partial charge is 0.462 e. The summed E-state index contributed by atoms with van der Waals surface area (Å²) in [5.41, 5.74) is 0. The maximum Gasteiger partial charge on any atom is 0.306 e. The summed E-state index contributed by atoms with van der Waals surface area (Å²) in [5.74, 6) is -0.852. The molecule has 0 aliphatic rings. The second-order valence-electron chi connectivity index (χ2n) is 18.9. The molecule has 0 saturated heterocycles. The van der Waals surface area contributed by atoms with E-state index in [2.05, 4.69) is 32.9 Å². The van der Waals surface area contributed by atoms with E-state index in [9.17, 15) is 14.4 Å². The van der Waals surface area contributed by atoms with Gasteiger partial charge in [-0.1, -0.05) is 258 Å². The van der Waals surface area contributed by atoms with Crippen LogP contribution >= 0.6 is 0 Å². The number of esters is 3. The van der Waals surface area contributed by atoms with E-state index in [-0.39, 0.29) is 31.1 Å². The zero-order valence-corrected chi connectivity index (χ0v) is 41.9. The van der Waals surface area contributed by atoms with Crippen LogP contribution < -0.4 is 0 Å². The highest BCUT2D eigenvalue weighted by atomic mass is 16.6. The van der Waals surface area contributed by atoms with Gasteiger partial charge in [0.2, 0.25) is 0 Å². The second-order valence-corrected chi connectivity index (χ2v) is 18.9. The minimum absolute atomic E-state index is 0.0648. The van der Waals surface area contributed by atoms with Gasteiger partial charge in [-0.3, -0.25) is 14.4 Å². The van der Waals surface area contributed by atoms with Crippen LogP contribution in [-0.4, -0.2) is 37.2 Å². The topological polar surface area (TPSA) is 78.9 Å². The van der Waals surface area contributed by atoms with Gasteiger partial charge in [-0.15, -0.1) is 0 Å². The molecular formula is C56H106O6. The summed E-state index contributed by atoms with van der Waals surface area (Å²) in [5, 5.41) is 0. The predicted octanol–water partition coefficient (Wildman–Crippen LogP) is 18.2. The standard InChI is InChI=1S/C56H106O6/c1-4-7-10-13-16-19-21-22-23-24-25-26-27-28-29-30-31-32-33-34-35-38-40-43-46-49-55(58)61-52-53(51-60-54(57)48-45-42-39-36-18-15-12-9-6-3)62-56(59)50-47-44-41-37-20-17-14-11-8-5-2/h24-25,53H,4-23,26-52H2,1-3H3/b25-24-. The van der Waals surface area contributed by atoms with E-state index in [4.69, 9.17) is 14.2 Å². The monoisotopic (exact) mass is 875 g/mol. The van der Waals surface area contributed by atoms with Crippen LogP contribution in [-0.2, 0) is 28.6 Å². The van der Waals surface area contributed by atoms with Gasteiger partial charge in [0.15, 0.2) is 6.10 Å². The Bertz CT molecular complexity index is 962. The third-order valence-electron chi connectivity index (χ3n) is 12.5. The third-order valence-corrected chi connectivity index (χ3v) is 12.5. The molecule has 0 heterocycles. The minimum atomic E-state index is -0.761. The first-order valence-corrected chi connectivity index (χ1v) is 27.7. The molecule has 0 aliphatic heterocycles. The molecule has 0 bridgehead atoms. The summed E-state index contributed by atoms with van der Waals surface area (Å²) in [6.07, 6.45) is 57.9. The van der Waals surface area contributed by atoms with Gasteiger partial charge in [-0.05, 0) is 44.9 Å². The minimum Gasteiger partial charge on any atom is -0.462 e. The van der Waals surface area contributed by atoms with E-state index < -0.39 is 6.10 Å². The van der Waals surface area contributed by atoms with E-state index in [0.29, 0.717) is 19.3 Å². The molecule has 0 saturated carbocycles. The highest BCUT2D eigenvalue weighted by Crippen LogP contribution is 2.17. The summed E-state index contributed by atoms with van der Waals surface area (Å²) in [6, 6.07) is 0. The number of ether oxygens (including phenoxy) is 3. The lowest BCUT2D eigenvalue weighted by Gasteiger charge is -2.18. The summed E-state index contributed by atoms with van der Waals surface area (Å²) >= 11 is 0. The smallest absolute Gasteiger partial charge is 0.306 e. The molecule has 0 aromatic rings. The number of unbranched alkanes of at least 4 members (excludes halogenated alkanes) is 38. The zero-order valence-electron chi connectivity index (χ0n) is 41.9. The van der Waals surface area contributed by atoms with Crippen LogP contribution in [0.3, 0.4) is 0 Å². The summed E-state index contributed by atoms with van der Waals surface area (Å²) < 4.78 is 16.8. The fourth-order valence-electron chi connectivity index (χ4n) is 8.32. The van der Waals surface area contributed by atoms with Crippen LogP contribution in [0.15, 0.2) is 12.2 Å². The molecule has 6 nitrogen and oxygen atoms in total. The molecule has 0 aromatic heterocycles. The van der Waals surface area contributed by atoms with Crippen LogP contribution in [0.25, 0.3) is 0 Å². The molecule has 0 aromatic carbocycles. The third kappa shape index (κ3) is 49.2. The van der Waals surface area contributed by atoms with E-state index in [0.717, 1.165) is 57.8 Å². The first kappa shape index (κ1) is 60.2. The Kier molecular flexibility index (Phi) is 50.2. The van der Waals surface area contributed by atoms with E-state index in [1.165, 1.54) is 212 Å². The Balaban J connectivity index is 4.07. The Hall–Kier alpha value is -1.85. The lowest BCUT2D eigenvalue weighted by atomic mass is 10.0. The van der Waals surface area contributed by atoms with Crippen LogP contribution in [0.2, 0.25) is 0 Å². The van der Waals surface area contributed by atoms with Crippen LogP contribution in [0.5, 0.6) is 0 Å². The van der Waals surface area contributed by atoms with Crippen molar-refractivity contribution >= 4 is 17.9 Å². The lowest BCUT2D eigenvalue weighted by molar-refractivity contribution is -0.167. The molecule has 0 radical (unpaired) electrons. The van der Waals surface area contributed by atoms with Crippen LogP contribution in [0.4, 0.5) is 0 Å². The average molecular weight is 875 g/mol. The molecule has 1 unspecified atom stereocenters. The number of hydrogen-bond acceptors (Lipinski definition) is 6. The van der Waals surface area contributed by atoms with Crippen molar-refractivity contribution in [1.29, 1.82) is 0 Å². The van der Waals surface area contributed by atoms with Gasteiger partial charge >= 0.3 is 17.9 Å². The lowest BCUT2D eigenvalue weighted by Crippen LogP contribution is -2.30. The fourth-order valence-corrected chi connectivity index (χ4v) is 8.32. The number of carbonyl (C=O) groups excluding carboxylic acids is 3. The van der Waals surface area contributed by atoms with Gasteiger partial charge in [0.25, 0.3) is 0 Å². The molecule has 0 rings (SSSR count). The molecule has 1 atom stereocenters. The van der Waals surface area contributed by atoms with Crippen molar-refractivity contribution in [3.8, 4) is 0 Å². The van der Waals surface area contributed by atoms with Crippen molar-refractivity contribution in [3.63, 3.8) is 0 Å². The van der Waals surface area contributed by atoms with Crippen molar-refractivity contribution in [1.82, 2.24) is 0 Å². The highest BCUT2D eigenvalue weighted by molar-refractivity contribution is 5.71. The maximum atomic E-state index is 12.7. The number of hydrogen-bond donors (Lipinski definition) is 0. The summed E-state index contributed by atoms with van der Waals surface area (Å²) in [6.45, 7) is 6.64. The van der Waals surface area contributed by atoms with Gasteiger partial charge in [0.1, 0.15) is 13.2 Å². The van der Waals surface area contributed by atoms with Crippen LogP contribution in [0.1, 0.15) is 310 Å². The number of rotatable bonds is 51. The first-order valence-electron chi connectivity index (χ1n) is 27.7. The van der Waals surface area contributed by atoms with Crippen molar-refractivity contribution in [3.05, 3.63) is 12.2 Å². The molecule has 0 amide bonds. The van der Waals surface area contributed by atoms with Gasteiger partial charge in [-0.25, -0.2) is 0 Å². The average Bonchev–Trinajstić information content (AvgIpc) is 3.27. The molecule has 6 heteroatoms. The molecule has 0 spiro atoms. The van der Waals surface area contributed by atoms with Crippen molar-refractivity contribution in [2.75, 3.05) is 13.2 Å². The Morgan fingerprint density at radius 3 is 0.806 bits per heavy atom. The maximum absolute atomic E-state index is 12.7. The quantitative estimate of drug-likeness (QED) is 0.0262.